The minimum Gasteiger partial charge on any atom is -0.340 e. The topological polar surface area (TPSA) is 68.8 Å². The van der Waals surface area contributed by atoms with Crippen LogP contribution in [0.1, 0.15) is 24.4 Å². The predicted octanol–water partition coefficient (Wildman–Crippen LogP) is 0.696. The van der Waals surface area contributed by atoms with Gasteiger partial charge in [0.2, 0.25) is 5.89 Å². The maximum absolute atomic E-state index is 4.91. The molecular weight excluding hydrogens is 206 g/mol. The fourth-order valence-electron chi connectivity index (χ4n) is 1.48. The van der Waals surface area contributed by atoms with Crippen molar-refractivity contribution in [2.24, 2.45) is 7.05 Å². The Bertz CT molecular complexity index is 422. The van der Waals surface area contributed by atoms with Crippen LogP contribution < -0.4 is 5.32 Å². The number of aromatic nitrogens is 4. The third kappa shape index (κ3) is 2.66. The van der Waals surface area contributed by atoms with Crippen LogP contribution in [-0.4, -0.2) is 26.5 Å². The second-order valence-corrected chi connectivity index (χ2v) is 3.71. The van der Waals surface area contributed by atoms with E-state index in [1.54, 1.807) is 4.68 Å². The Morgan fingerprint density at radius 1 is 1.56 bits per heavy atom. The predicted molar refractivity (Wildman–Crippen MR) is 57.6 cm³/mol. The van der Waals surface area contributed by atoms with Crippen molar-refractivity contribution in [2.75, 3.05) is 6.54 Å². The summed E-state index contributed by atoms with van der Waals surface area (Å²) in [6, 6.07) is 0.275. The quantitative estimate of drug-likeness (QED) is 0.804. The molecule has 0 spiro atoms. The highest BCUT2D eigenvalue weighted by Gasteiger charge is 2.07. The fourth-order valence-corrected chi connectivity index (χ4v) is 1.48. The first kappa shape index (κ1) is 10.8. The normalized spacial score (nSPS) is 12.9. The monoisotopic (exact) mass is 221 g/mol. The van der Waals surface area contributed by atoms with Crippen LogP contribution in [0, 0.1) is 0 Å². The lowest BCUT2D eigenvalue weighted by molar-refractivity contribution is 0.372. The summed E-state index contributed by atoms with van der Waals surface area (Å²) in [7, 11) is 1.91. The van der Waals surface area contributed by atoms with Crippen LogP contribution >= 0.6 is 0 Å². The Hall–Kier alpha value is -1.69. The molecule has 2 rings (SSSR count). The van der Waals surface area contributed by atoms with Crippen molar-refractivity contribution in [3.63, 3.8) is 0 Å². The van der Waals surface area contributed by atoms with Crippen molar-refractivity contribution in [2.45, 2.75) is 19.4 Å². The second-order valence-electron chi connectivity index (χ2n) is 3.71. The summed E-state index contributed by atoms with van der Waals surface area (Å²) in [5, 5.41) is 11.1. The molecule has 0 aliphatic heterocycles. The van der Waals surface area contributed by atoms with E-state index in [4.69, 9.17) is 4.52 Å². The van der Waals surface area contributed by atoms with Gasteiger partial charge >= 0.3 is 0 Å². The van der Waals surface area contributed by atoms with Crippen molar-refractivity contribution in [3.8, 4) is 0 Å². The minimum absolute atomic E-state index is 0.275. The van der Waals surface area contributed by atoms with Gasteiger partial charge in [0, 0.05) is 37.8 Å². The largest absolute Gasteiger partial charge is 0.340 e. The summed E-state index contributed by atoms with van der Waals surface area (Å²) >= 11 is 0. The molecule has 1 N–H and O–H groups in total. The van der Waals surface area contributed by atoms with E-state index in [-0.39, 0.29) is 6.04 Å². The van der Waals surface area contributed by atoms with Crippen LogP contribution in [0.4, 0.5) is 0 Å². The molecule has 0 aromatic carbocycles. The molecule has 1 atom stereocenters. The van der Waals surface area contributed by atoms with E-state index in [1.807, 2.05) is 19.4 Å². The van der Waals surface area contributed by atoms with Gasteiger partial charge in [0.15, 0.2) is 6.33 Å². The maximum Gasteiger partial charge on any atom is 0.227 e. The van der Waals surface area contributed by atoms with Crippen LogP contribution in [-0.2, 0) is 13.5 Å². The molecule has 0 fully saturated rings. The second kappa shape index (κ2) is 4.89. The molecule has 0 amide bonds. The molecule has 0 saturated carbocycles. The lowest BCUT2D eigenvalue weighted by Crippen LogP contribution is -2.21. The Morgan fingerprint density at radius 3 is 3.06 bits per heavy atom. The standard InChI is InChI=1S/C10H15N5O/c1-8(9-5-13-15(2)6-9)11-4-3-10-12-7-14-16-10/h5-8,11H,3-4H2,1-2H3. The third-order valence-corrected chi connectivity index (χ3v) is 2.42. The van der Waals surface area contributed by atoms with E-state index in [2.05, 4.69) is 27.5 Å². The van der Waals surface area contributed by atoms with E-state index in [0.717, 1.165) is 13.0 Å². The lowest BCUT2D eigenvalue weighted by atomic mass is 10.2. The van der Waals surface area contributed by atoms with Gasteiger partial charge in [-0.1, -0.05) is 5.16 Å². The Morgan fingerprint density at radius 2 is 2.44 bits per heavy atom. The molecule has 6 heteroatoms. The molecule has 2 heterocycles. The Labute approximate surface area is 93.7 Å². The highest BCUT2D eigenvalue weighted by Crippen LogP contribution is 2.09. The molecule has 2 aromatic rings. The summed E-state index contributed by atoms with van der Waals surface area (Å²) < 4.78 is 6.70. The molecule has 6 nitrogen and oxygen atoms in total. The van der Waals surface area contributed by atoms with Gasteiger partial charge in [-0.3, -0.25) is 4.68 Å². The van der Waals surface area contributed by atoms with Crippen LogP contribution in [0.5, 0.6) is 0 Å². The SMILES string of the molecule is CC(NCCc1ncno1)c1cnn(C)c1. The van der Waals surface area contributed by atoms with Crippen LogP contribution in [0.15, 0.2) is 23.2 Å². The molecule has 0 bridgehead atoms. The summed E-state index contributed by atoms with van der Waals surface area (Å²) in [5.41, 5.74) is 1.17. The highest BCUT2D eigenvalue weighted by atomic mass is 16.5. The molecule has 2 aromatic heterocycles. The lowest BCUT2D eigenvalue weighted by Gasteiger charge is -2.10. The van der Waals surface area contributed by atoms with Crippen molar-refractivity contribution in [3.05, 3.63) is 30.2 Å². The number of aryl methyl sites for hydroxylation is 1. The van der Waals surface area contributed by atoms with E-state index in [1.165, 1.54) is 11.9 Å². The zero-order valence-corrected chi connectivity index (χ0v) is 9.42. The van der Waals surface area contributed by atoms with Gasteiger partial charge in [-0.25, -0.2) is 0 Å². The van der Waals surface area contributed by atoms with Crippen molar-refractivity contribution in [1.29, 1.82) is 0 Å². The van der Waals surface area contributed by atoms with Gasteiger partial charge in [0.1, 0.15) is 0 Å². The molecule has 0 aliphatic carbocycles. The van der Waals surface area contributed by atoms with E-state index in [0.29, 0.717) is 5.89 Å². The number of hydrogen-bond acceptors (Lipinski definition) is 5. The fraction of sp³-hybridized carbons (Fsp3) is 0.500. The van der Waals surface area contributed by atoms with Gasteiger partial charge in [-0.2, -0.15) is 10.1 Å². The van der Waals surface area contributed by atoms with E-state index < -0.39 is 0 Å². The number of nitrogens with one attached hydrogen (secondary N) is 1. The highest BCUT2D eigenvalue weighted by molar-refractivity contribution is 5.08. The van der Waals surface area contributed by atoms with Crippen molar-refractivity contribution >= 4 is 0 Å². The third-order valence-electron chi connectivity index (χ3n) is 2.42. The number of rotatable bonds is 5. The maximum atomic E-state index is 4.91. The van der Waals surface area contributed by atoms with Gasteiger partial charge in [-0.05, 0) is 6.92 Å². The minimum atomic E-state index is 0.275. The Balaban J connectivity index is 1.78. The van der Waals surface area contributed by atoms with Gasteiger partial charge in [0.25, 0.3) is 0 Å². The smallest absolute Gasteiger partial charge is 0.227 e. The van der Waals surface area contributed by atoms with Crippen LogP contribution in [0.3, 0.4) is 0 Å². The summed E-state index contributed by atoms with van der Waals surface area (Å²) in [6.07, 6.45) is 6.03. The molecule has 0 aliphatic rings. The van der Waals surface area contributed by atoms with E-state index >= 15 is 0 Å². The number of hydrogen-bond donors (Lipinski definition) is 1. The average Bonchev–Trinajstić information content (AvgIpc) is 2.89. The zero-order valence-electron chi connectivity index (χ0n) is 9.42. The molecule has 0 radical (unpaired) electrons. The van der Waals surface area contributed by atoms with Gasteiger partial charge in [0.05, 0.1) is 6.20 Å². The molecule has 1 unspecified atom stereocenters. The molecule has 86 valence electrons. The Kier molecular flexibility index (Phi) is 3.31. The van der Waals surface area contributed by atoms with Crippen LogP contribution in [0.2, 0.25) is 0 Å². The zero-order chi connectivity index (χ0) is 11.4. The summed E-state index contributed by atoms with van der Waals surface area (Å²) in [6.45, 7) is 2.91. The number of nitrogens with zero attached hydrogens (tertiary/aromatic N) is 4. The summed E-state index contributed by atoms with van der Waals surface area (Å²) in [4.78, 5) is 3.96. The molecule has 16 heavy (non-hydrogen) atoms. The average molecular weight is 221 g/mol. The first-order chi connectivity index (χ1) is 7.75. The first-order valence-corrected chi connectivity index (χ1v) is 5.23. The van der Waals surface area contributed by atoms with Crippen molar-refractivity contribution < 1.29 is 4.52 Å². The van der Waals surface area contributed by atoms with E-state index in [9.17, 15) is 0 Å². The van der Waals surface area contributed by atoms with Gasteiger partial charge < -0.3 is 9.84 Å². The van der Waals surface area contributed by atoms with Gasteiger partial charge in [-0.15, -0.1) is 0 Å². The van der Waals surface area contributed by atoms with Crippen molar-refractivity contribution in [1.82, 2.24) is 25.2 Å². The summed E-state index contributed by atoms with van der Waals surface area (Å²) in [5.74, 6) is 0.658. The first-order valence-electron chi connectivity index (χ1n) is 5.23. The molecular formula is C10H15N5O. The van der Waals surface area contributed by atoms with Crippen LogP contribution in [0.25, 0.3) is 0 Å². The molecule has 0 saturated heterocycles.